The molecule has 16 heavy (non-hydrogen) atoms. The Kier molecular flexibility index (Phi) is 5.03. The molecule has 2 rings (SSSR count). The van der Waals surface area contributed by atoms with Gasteiger partial charge < -0.3 is 5.11 Å². The second-order valence-corrected chi connectivity index (χ2v) is 4.48. The van der Waals surface area contributed by atoms with Crippen LogP contribution in [0.1, 0.15) is 37.7 Å². The maximum absolute atomic E-state index is 11.7. The minimum absolute atomic E-state index is 0. The van der Waals surface area contributed by atoms with Crippen LogP contribution in [0.3, 0.4) is 0 Å². The summed E-state index contributed by atoms with van der Waals surface area (Å²) in [6.07, 6.45) is 3.25. The van der Waals surface area contributed by atoms with Crippen LogP contribution in [-0.2, 0) is 0 Å². The average molecular weight is 226 g/mol. The molecule has 1 fully saturated rings. The Morgan fingerprint density at radius 3 is 2.56 bits per heavy atom. The summed E-state index contributed by atoms with van der Waals surface area (Å²) in [5.41, 5.74) is 0.337. The van der Waals surface area contributed by atoms with Crippen molar-refractivity contribution in [1.29, 1.82) is 0 Å². The van der Waals surface area contributed by atoms with Gasteiger partial charge in [0.25, 0.3) is 0 Å². The van der Waals surface area contributed by atoms with Gasteiger partial charge in [-0.15, -0.1) is 0 Å². The largest absolute Gasteiger partial charge is 1.00 e. The van der Waals surface area contributed by atoms with Crippen molar-refractivity contribution in [3.05, 3.63) is 40.1 Å². The van der Waals surface area contributed by atoms with Crippen molar-refractivity contribution in [3.8, 4) is 5.75 Å². The van der Waals surface area contributed by atoms with Gasteiger partial charge in [0.05, 0.1) is 0 Å². The standard InChI is InChI=1S/C13H16O2.Na/c1-9-6-7-10(8-9)11-4-2-3-5-12(14)13(11)15;/h2-5,9-10H,6-8H2,1H3,(H,14,15);/q;+1/p-1. The summed E-state index contributed by atoms with van der Waals surface area (Å²) in [5, 5.41) is 11.7. The first-order chi connectivity index (χ1) is 7.18. The van der Waals surface area contributed by atoms with E-state index in [4.69, 9.17) is 0 Å². The van der Waals surface area contributed by atoms with Crippen LogP contribution in [0.5, 0.6) is 5.75 Å². The molecule has 0 amide bonds. The Balaban J connectivity index is 0.00000128. The fraction of sp³-hybridized carbons (Fsp3) is 0.462. The van der Waals surface area contributed by atoms with E-state index in [1.165, 1.54) is 6.07 Å². The zero-order chi connectivity index (χ0) is 10.8. The zero-order valence-electron chi connectivity index (χ0n) is 9.90. The van der Waals surface area contributed by atoms with Gasteiger partial charge in [-0.2, -0.15) is 0 Å². The van der Waals surface area contributed by atoms with Gasteiger partial charge >= 0.3 is 29.6 Å². The van der Waals surface area contributed by atoms with Crippen LogP contribution in [0.15, 0.2) is 29.1 Å². The normalized spacial score (nSPS) is 23.8. The van der Waals surface area contributed by atoms with Crippen LogP contribution in [0.25, 0.3) is 0 Å². The van der Waals surface area contributed by atoms with Crippen molar-refractivity contribution in [2.24, 2.45) is 5.92 Å². The molecule has 2 atom stereocenters. The molecule has 1 saturated carbocycles. The molecular weight excluding hydrogens is 211 g/mol. The molecule has 0 spiro atoms. The Labute approximate surface area is 118 Å². The van der Waals surface area contributed by atoms with Crippen molar-refractivity contribution < 1.29 is 34.7 Å². The van der Waals surface area contributed by atoms with E-state index in [-0.39, 0.29) is 40.7 Å². The fourth-order valence-electron chi connectivity index (χ4n) is 2.41. The Morgan fingerprint density at radius 1 is 1.25 bits per heavy atom. The van der Waals surface area contributed by atoms with E-state index in [0.717, 1.165) is 19.3 Å². The predicted octanol–water partition coefficient (Wildman–Crippen LogP) is -0.972. The van der Waals surface area contributed by atoms with Crippen molar-refractivity contribution >= 4 is 0 Å². The van der Waals surface area contributed by atoms with Gasteiger partial charge in [-0.05, 0) is 36.3 Å². The molecule has 0 N–H and O–H groups in total. The summed E-state index contributed by atoms with van der Waals surface area (Å²) < 4.78 is 0. The van der Waals surface area contributed by atoms with Crippen molar-refractivity contribution in [3.63, 3.8) is 0 Å². The summed E-state index contributed by atoms with van der Waals surface area (Å²) in [6.45, 7) is 2.20. The van der Waals surface area contributed by atoms with E-state index < -0.39 is 0 Å². The summed E-state index contributed by atoms with van der Waals surface area (Å²) in [7, 11) is 0. The van der Waals surface area contributed by atoms with Gasteiger partial charge in [0, 0.05) is 0 Å². The van der Waals surface area contributed by atoms with E-state index in [1.54, 1.807) is 12.1 Å². The quantitative estimate of drug-likeness (QED) is 0.578. The van der Waals surface area contributed by atoms with Crippen LogP contribution in [-0.4, -0.2) is 0 Å². The molecule has 0 aromatic heterocycles. The molecule has 1 aromatic carbocycles. The molecule has 80 valence electrons. The third-order valence-corrected chi connectivity index (χ3v) is 3.26. The molecule has 1 aliphatic rings. The van der Waals surface area contributed by atoms with Crippen molar-refractivity contribution in [2.45, 2.75) is 32.1 Å². The van der Waals surface area contributed by atoms with Crippen LogP contribution in [0.4, 0.5) is 0 Å². The van der Waals surface area contributed by atoms with Crippen molar-refractivity contribution in [1.82, 2.24) is 0 Å². The summed E-state index contributed by atoms with van der Waals surface area (Å²) in [6, 6.07) is 6.60. The van der Waals surface area contributed by atoms with E-state index in [1.807, 2.05) is 6.07 Å². The van der Waals surface area contributed by atoms with Crippen LogP contribution in [0, 0.1) is 5.92 Å². The third-order valence-electron chi connectivity index (χ3n) is 3.26. The molecule has 2 nitrogen and oxygen atoms in total. The van der Waals surface area contributed by atoms with Crippen LogP contribution in [0.2, 0.25) is 0 Å². The monoisotopic (exact) mass is 226 g/mol. The Morgan fingerprint density at radius 2 is 1.94 bits per heavy atom. The number of rotatable bonds is 1. The van der Waals surface area contributed by atoms with Crippen LogP contribution < -0.4 is 40.1 Å². The van der Waals surface area contributed by atoms with E-state index in [9.17, 15) is 9.90 Å². The molecule has 2 unspecified atom stereocenters. The fourth-order valence-corrected chi connectivity index (χ4v) is 2.41. The molecule has 0 saturated heterocycles. The molecule has 0 aliphatic heterocycles. The minimum atomic E-state index is -0.380. The molecular formula is C13H15NaO2. The Hall–Kier alpha value is -0.310. The molecule has 3 heteroatoms. The van der Waals surface area contributed by atoms with E-state index in [2.05, 4.69) is 6.92 Å². The van der Waals surface area contributed by atoms with Gasteiger partial charge in [-0.3, -0.25) is 4.79 Å². The SMILES string of the molecule is CC1CCC(c2ccccc(=O)c2[O-])C1.[Na+]. The maximum Gasteiger partial charge on any atom is 1.00 e. The van der Waals surface area contributed by atoms with Gasteiger partial charge in [-0.1, -0.05) is 37.3 Å². The summed E-state index contributed by atoms with van der Waals surface area (Å²) in [4.78, 5) is 11.4. The minimum Gasteiger partial charge on any atom is -0.870 e. The van der Waals surface area contributed by atoms with Crippen molar-refractivity contribution in [2.75, 3.05) is 0 Å². The summed E-state index contributed by atoms with van der Waals surface area (Å²) in [5.74, 6) is 0.668. The molecule has 0 heterocycles. The first kappa shape index (κ1) is 13.8. The first-order valence-corrected chi connectivity index (χ1v) is 5.48. The second kappa shape index (κ2) is 5.85. The maximum atomic E-state index is 11.7. The topological polar surface area (TPSA) is 40.1 Å². The van der Waals surface area contributed by atoms with Gasteiger partial charge in [0.15, 0.2) is 5.43 Å². The van der Waals surface area contributed by atoms with Gasteiger partial charge in [0.1, 0.15) is 0 Å². The average Bonchev–Trinajstić information content (AvgIpc) is 2.56. The summed E-state index contributed by atoms with van der Waals surface area (Å²) >= 11 is 0. The van der Waals surface area contributed by atoms with E-state index >= 15 is 0 Å². The van der Waals surface area contributed by atoms with Gasteiger partial charge in [0.2, 0.25) is 0 Å². The van der Waals surface area contributed by atoms with Crippen LogP contribution >= 0.6 is 0 Å². The zero-order valence-corrected chi connectivity index (χ0v) is 11.9. The van der Waals surface area contributed by atoms with E-state index in [0.29, 0.717) is 17.4 Å². The number of hydrogen-bond acceptors (Lipinski definition) is 2. The number of hydrogen-bond donors (Lipinski definition) is 0. The molecule has 0 radical (unpaired) electrons. The van der Waals surface area contributed by atoms with Gasteiger partial charge in [-0.25, -0.2) is 0 Å². The second-order valence-electron chi connectivity index (χ2n) is 4.48. The Bertz CT molecular complexity index is 417. The molecule has 0 bridgehead atoms. The molecule has 1 aliphatic carbocycles. The third kappa shape index (κ3) is 2.88. The first-order valence-electron chi connectivity index (χ1n) is 5.48. The molecule has 1 aromatic rings. The predicted molar refractivity (Wildman–Crippen MR) is 57.9 cm³/mol. The smallest absolute Gasteiger partial charge is 0.870 e.